The van der Waals surface area contributed by atoms with Gasteiger partial charge in [0.15, 0.2) is 11.6 Å². The molecule has 3 heteroatoms. The lowest BCUT2D eigenvalue weighted by Crippen LogP contribution is -2.03. The Labute approximate surface area is 77.0 Å². The molecule has 0 aromatic heterocycles. The molecule has 0 spiro atoms. The summed E-state index contributed by atoms with van der Waals surface area (Å²) in [5.74, 6) is -0.0757. The molecule has 0 amide bonds. The van der Waals surface area contributed by atoms with Gasteiger partial charge in [0.2, 0.25) is 0 Å². The van der Waals surface area contributed by atoms with Gasteiger partial charge >= 0.3 is 0 Å². The van der Waals surface area contributed by atoms with Crippen LogP contribution in [0.5, 0.6) is 5.75 Å². The Hall–Kier alpha value is -1.51. The van der Waals surface area contributed by atoms with Crippen LogP contribution in [0.2, 0.25) is 0 Å². The van der Waals surface area contributed by atoms with Crippen molar-refractivity contribution >= 4 is 0 Å². The van der Waals surface area contributed by atoms with Crippen molar-refractivity contribution in [3.8, 4) is 5.75 Å². The van der Waals surface area contributed by atoms with Gasteiger partial charge in [-0.25, -0.2) is 4.39 Å². The second-order valence-electron chi connectivity index (χ2n) is 2.55. The molecule has 13 heavy (non-hydrogen) atoms. The molecule has 0 aliphatic heterocycles. The van der Waals surface area contributed by atoms with E-state index in [1.165, 1.54) is 13.2 Å². The molecular weight excluding hydrogens is 169 g/mol. The van der Waals surface area contributed by atoms with Crippen LogP contribution in [-0.4, -0.2) is 7.11 Å². The number of hydrogen-bond donors (Lipinski definition) is 1. The lowest BCUT2D eigenvalue weighted by atomic mass is 10.2. The molecule has 1 rings (SSSR count). The Balaban J connectivity index is 2.76. The van der Waals surface area contributed by atoms with E-state index in [2.05, 4.69) is 11.9 Å². The van der Waals surface area contributed by atoms with E-state index in [0.717, 1.165) is 5.56 Å². The smallest absolute Gasteiger partial charge is 0.165 e. The highest BCUT2D eigenvalue weighted by molar-refractivity contribution is 5.29. The molecule has 0 radical (unpaired) electrons. The summed E-state index contributed by atoms with van der Waals surface area (Å²) in [4.78, 5) is 0. The van der Waals surface area contributed by atoms with Crippen LogP contribution in [0.3, 0.4) is 0 Å². The molecule has 2 nitrogen and oxygen atoms in total. The minimum atomic E-state index is -0.342. The van der Waals surface area contributed by atoms with Gasteiger partial charge in [0.1, 0.15) is 0 Å². The standard InChI is InChI=1S/C10H12FNO/c1-3-12-7-8-4-5-10(13-2)9(11)6-8/h3-6,12H,1,7H2,2H3. The summed E-state index contributed by atoms with van der Waals surface area (Å²) in [7, 11) is 1.44. The van der Waals surface area contributed by atoms with E-state index in [4.69, 9.17) is 4.74 Å². The highest BCUT2D eigenvalue weighted by Gasteiger charge is 2.01. The van der Waals surface area contributed by atoms with Crippen LogP contribution in [0.1, 0.15) is 5.56 Å². The summed E-state index contributed by atoms with van der Waals surface area (Å²) >= 11 is 0. The fourth-order valence-corrected chi connectivity index (χ4v) is 1.01. The number of hydrogen-bond acceptors (Lipinski definition) is 2. The average molecular weight is 181 g/mol. The highest BCUT2D eigenvalue weighted by Crippen LogP contribution is 2.17. The fourth-order valence-electron chi connectivity index (χ4n) is 1.01. The molecule has 0 saturated heterocycles. The van der Waals surface area contributed by atoms with Crippen LogP contribution < -0.4 is 10.1 Å². The van der Waals surface area contributed by atoms with E-state index in [-0.39, 0.29) is 11.6 Å². The first-order chi connectivity index (χ1) is 6.27. The van der Waals surface area contributed by atoms with Gasteiger partial charge in [-0.3, -0.25) is 0 Å². The molecule has 1 aromatic rings. The van der Waals surface area contributed by atoms with Gasteiger partial charge < -0.3 is 10.1 Å². The molecule has 0 heterocycles. The van der Waals surface area contributed by atoms with Crippen molar-refractivity contribution in [3.63, 3.8) is 0 Å². The minimum absolute atomic E-state index is 0.266. The molecule has 0 fully saturated rings. The second-order valence-corrected chi connectivity index (χ2v) is 2.55. The van der Waals surface area contributed by atoms with Gasteiger partial charge in [-0.1, -0.05) is 12.6 Å². The van der Waals surface area contributed by atoms with Crippen LogP contribution in [0.4, 0.5) is 4.39 Å². The molecule has 0 saturated carbocycles. The number of halogens is 1. The van der Waals surface area contributed by atoms with E-state index in [1.54, 1.807) is 18.3 Å². The monoisotopic (exact) mass is 181 g/mol. The molecule has 0 unspecified atom stereocenters. The summed E-state index contributed by atoms with van der Waals surface area (Å²) in [5.41, 5.74) is 0.859. The van der Waals surface area contributed by atoms with Crippen LogP contribution in [0.25, 0.3) is 0 Å². The first kappa shape index (κ1) is 9.58. The minimum Gasteiger partial charge on any atom is -0.494 e. The number of benzene rings is 1. The Morgan fingerprint density at radius 3 is 2.92 bits per heavy atom. The summed E-state index contributed by atoms with van der Waals surface area (Å²) in [6.07, 6.45) is 1.57. The lowest BCUT2D eigenvalue weighted by Gasteiger charge is -2.04. The Morgan fingerprint density at radius 2 is 2.38 bits per heavy atom. The van der Waals surface area contributed by atoms with Gasteiger partial charge in [-0.05, 0) is 23.9 Å². The third kappa shape index (κ3) is 2.47. The second kappa shape index (κ2) is 4.50. The van der Waals surface area contributed by atoms with Gasteiger partial charge in [0, 0.05) is 6.54 Å². The Morgan fingerprint density at radius 1 is 1.62 bits per heavy atom. The summed E-state index contributed by atoms with van der Waals surface area (Å²) in [6.45, 7) is 4.08. The normalized spacial score (nSPS) is 9.38. The molecule has 0 aliphatic carbocycles. The zero-order chi connectivity index (χ0) is 9.68. The predicted molar refractivity (Wildman–Crippen MR) is 50.0 cm³/mol. The maximum Gasteiger partial charge on any atom is 0.165 e. The summed E-state index contributed by atoms with van der Waals surface area (Å²) in [5, 5.41) is 2.89. The Kier molecular flexibility index (Phi) is 3.31. The third-order valence-corrected chi connectivity index (χ3v) is 1.67. The van der Waals surface area contributed by atoms with Crippen molar-refractivity contribution in [1.82, 2.24) is 5.32 Å². The van der Waals surface area contributed by atoms with Crippen molar-refractivity contribution in [2.45, 2.75) is 6.54 Å². The van der Waals surface area contributed by atoms with E-state index in [0.29, 0.717) is 6.54 Å². The topological polar surface area (TPSA) is 21.3 Å². The third-order valence-electron chi connectivity index (χ3n) is 1.67. The first-order valence-corrected chi connectivity index (χ1v) is 3.94. The average Bonchev–Trinajstić information content (AvgIpc) is 2.15. The van der Waals surface area contributed by atoms with Crippen molar-refractivity contribution in [3.05, 3.63) is 42.4 Å². The molecular formula is C10H12FNO. The zero-order valence-corrected chi connectivity index (χ0v) is 7.51. The fraction of sp³-hybridized carbons (Fsp3) is 0.200. The molecule has 0 bridgehead atoms. The molecule has 1 aromatic carbocycles. The molecule has 0 aliphatic rings. The summed E-state index contributed by atoms with van der Waals surface area (Å²) < 4.78 is 17.9. The van der Waals surface area contributed by atoms with Crippen molar-refractivity contribution in [2.75, 3.05) is 7.11 Å². The van der Waals surface area contributed by atoms with Crippen LogP contribution in [0.15, 0.2) is 31.0 Å². The van der Waals surface area contributed by atoms with Crippen molar-refractivity contribution in [2.24, 2.45) is 0 Å². The number of nitrogens with one attached hydrogen (secondary N) is 1. The maximum absolute atomic E-state index is 13.1. The molecule has 70 valence electrons. The van der Waals surface area contributed by atoms with Crippen LogP contribution in [-0.2, 0) is 6.54 Å². The van der Waals surface area contributed by atoms with Crippen LogP contribution in [0, 0.1) is 5.82 Å². The Bertz CT molecular complexity index is 299. The van der Waals surface area contributed by atoms with Gasteiger partial charge in [-0.2, -0.15) is 0 Å². The van der Waals surface area contributed by atoms with E-state index >= 15 is 0 Å². The van der Waals surface area contributed by atoms with Gasteiger partial charge in [-0.15, -0.1) is 0 Å². The lowest BCUT2D eigenvalue weighted by molar-refractivity contribution is 0.386. The predicted octanol–water partition coefficient (Wildman–Crippen LogP) is 2.07. The molecule has 1 N–H and O–H groups in total. The van der Waals surface area contributed by atoms with Gasteiger partial charge in [0.05, 0.1) is 7.11 Å². The number of rotatable bonds is 4. The zero-order valence-electron chi connectivity index (χ0n) is 7.51. The van der Waals surface area contributed by atoms with E-state index < -0.39 is 0 Å². The maximum atomic E-state index is 13.1. The first-order valence-electron chi connectivity index (χ1n) is 3.94. The van der Waals surface area contributed by atoms with Crippen LogP contribution >= 0.6 is 0 Å². The quantitative estimate of drug-likeness (QED) is 0.767. The van der Waals surface area contributed by atoms with E-state index in [9.17, 15) is 4.39 Å². The SMILES string of the molecule is C=CNCc1ccc(OC)c(F)c1. The van der Waals surface area contributed by atoms with Crippen molar-refractivity contribution < 1.29 is 9.13 Å². The van der Waals surface area contributed by atoms with E-state index in [1.807, 2.05) is 0 Å². The number of ether oxygens (including phenoxy) is 1. The highest BCUT2D eigenvalue weighted by atomic mass is 19.1. The van der Waals surface area contributed by atoms with Gasteiger partial charge in [0.25, 0.3) is 0 Å². The van der Waals surface area contributed by atoms with Crippen molar-refractivity contribution in [1.29, 1.82) is 0 Å². The molecule has 0 atom stereocenters. The number of methoxy groups -OCH3 is 1. The summed E-state index contributed by atoms with van der Waals surface area (Å²) in [6, 6.07) is 4.85. The largest absolute Gasteiger partial charge is 0.494 e.